The Hall–Kier alpha value is -2.56. The minimum Gasteiger partial charge on any atom is -0.497 e. The fourth-order valence-corrected chi connectivity index (χ4v) is 3.21. The Balaban J connectivity index is 1.94. The predicted molar refractivity (Wildman–Crippen MR) is 92.5 cm³/mol. The summed E-state index contributed by atoms with van der Waals surface area (Å²) in [6, 6.07) is 9.63. The van der Waals surface area contributed by atoms with Gasteiger partial charge < -0.3 is 14.2 Å². The summed E-state index contributed by atoms with van der Waals surface area (Å²) >= 11 is 0. The molecule has 1 unspecified atom stereocenters. The number of methoxy groups -OCH3 is 1. The molecule has 1 amide bonds. The summed E-state index contributed by atoms with van der Waals surface area (Å²) in [6.07, 6.45) is 0.893. The van der Waals surface area contributed by atoms with Gasteiger partial charge in [-0.2, -0.15) is 0 Å². The van der Waals surface area contributed by atoms with Crippen LogP contribution in [0.1, 0.15) is 39.6 Å². The molecular formula is C19H22N2O3. The minimum atomic E-state index is -0.228. The minimum absolute atomic E-state index is 0.00184. The van der Waals surface area contributed by atoms with Crippen LogP contribution < -0.4 is 10.3 Å². The zero-order valence-corrected chi connectivity index (χ0v) is 14.5. The Labute approximate surface area is 141 Å². The van der Waals surface area contributed by atoms with E-state index in [-0.39, 0.29) is 23.1 Å². The Bertz CT molecular complexity index is 854. The van der Waals surface area contributed by atoms with Crippen LogP contribution in [0.2, 0.25) is 0 Å². The van der Waals surface area contributed by atoms with Crippen LogP contribution in [0.3, 0.4) is 0 Å². The second kappa shape index (κ2) is 6.15. The second-order valence-corrected chi connectivity index (χ2v) is 6.29. The highest BCUT2D eigenvalue weighted by atomic mass is 16.5. The summed E-state index contributed by atoms with van der Waals surface area (Å²) in [5.41, 5.74) is 2.67. The number of carbonyl (C=O) groups excluding carboxylic acids is 1. The van der Waals surface area contributed by atoms with E-state index >= 15 is 0 Å². The lowest BCUT2D eigenvalue weighted by Gasteiger charge is -2.41. The lowest BCUT2D eigenvalue weighted by atomic mass is 9.93. The first kappa shape index (κ1) is 16.3. The molecule has 0 bridgehead atoms. The molecule has 1 atom stereocenters. The Morgan fingerprint density at radius 2 is 2.00 bits per heavy atom. The van der Waals surface area contributed by atoms with Crippen molar-refractivity contribution in [3.8, 4) is 5.75 Å². The predicted octanol–water partition coefficient (Wildman–Crippen LogP) is 2.60. The van der Waals surface area contributed by atoms with E-state index in [0.717, 1.165) is 29.0 Å². The van der Waals surface area contributed by atoms with Gasteiger partial charge in [0, 0.05) is 19.3 Å². The third-order valence-electron chi connectivity index (χ3n) is 4.84. The maximum Gasteiger partial charge on any atom is 0.263 e. The second-order valence-electron chi connectivity index (χ2n) is 6.29. The Morgan fingerprint density at radius 3 is 2.62 bits per heavy atom. The molecule has 0 N–H and O–H groups in total. The maximum atomic E-state index is 13.0. The topological polar surface area (TPSA) is 51.5 Å². The number of nitrogens with zero attached hydrogens (tertiary/aromatic N) is 2. The average Bonchev–Trinajstić information content (AvgIpc) is 2.52. The largest absolute Gasteiger partial charge is 0.497 e. The van der Waals surface area contributed by atoms with Gasteiger partial charge in [0.05, 0.1) is 13.2 Å². The van der Waals surface area contributed by atoms with Gasteiger partial charge in [-0.3, -0.25) is 9.59 Å². The molecule has 1 aliphatic rings. The van der Waals surface area contributed by atoms with Crippen molar-refractivity contribution in [3.63, 3.8) is 0 Å². The molecular weight excluding hydrogens is 304 g/mol. The number of hydrogen-bond acceptors (Lipinski definition) is 3. The molecule has 3 rings (SSSR count). The van der Waals surface area contributed by atoms with Crippen molar-refractivity contribution < 1.29 is 9.53 Å². The van der Waals surface area contributed by atoms with Gasteiger partial charge >= 0.3 is 0 Å². The van der Waals surface area contributed by atoms with Gasteiger partial charge in [-0.05, 0) is 49.6 Å². The monoisotopic (exact) mass is 326 g/mol. The molecule has 0 radical (unpaired) electrons. The molecule has 5 heteroatoms. The molecule has 0 saturated carbocycles. The highest BCUT2D eigenvalue weighted by Gasteiger charge is 2.35. The molecule has 1 aliphatic heterocycles. The number of amides is 1. The summed E-state index contributed by atoms with van der Waals surface area (Å²) in [7, 11) is 3.33. The van der Waals surface area contributed by atoms with Crippen LogP contribution in [0.25, 0.3) is 0 Å². The number of benzene rings is 1. The molecule has 0 spiro atoms. The van der Waals surface area contributed by atoms with Crippen molar-refractivity contribution in [3.05, 3.63) is 63.1 Å². The third kappa shape index (κ3) is 2.60. The fraction of sp³-hybridized carbons (Fsp3) is 0.368. The zero-order valence-electron chi connectivity index (χ0n) is 14.5. The van der Waals surface area contributed by atoms with Crippen LogP contribution in [0, 0.1) is 13.8 Å². The van der Waals surface area contributed by atoms with E-state index in [1.807, 2.05) is 44.2 Å². The van der Waals surface area contributed by atoms with Crippen molar-refractivity contribution in [2.24, 2.45) is 7.05 Å². The molecule has 2 heterocycles. The summed E-state index contributed by atoms with van der Waals surface area (Å²) in [4.78, 5) is 27.3. The fourth-order valence-electron chi connectivity index (χ4n) is 3.21. The van der Waals surface area contributed by atoms with Gasteiger partial charge in [0.2, 0.25) is 0 Å². The van der Waals surface area contributed by atoms with Crippen molar-refractivity contribution in [2.75, 3.05) is 13.7 Å². The summed E-state index contributed by atoms with van der Waals surface area (Å²) in [6.45, 7) is 4.35. The number of pyridine rings is 1. The first-order valence-corrected chi connectivity index (χ1v) is 8.06. The van der Waals surface area contributed by atoms with Crippen molar-refractivity contribution >= 4 is 5.91 Å². The van der Waals surface area contributed by atoms with Crippen LogP contribution in [-0.4, -0.2) is 29.0 Å². The van der Waals surface area contributed by atoms with Gasteiger partial charge in [-0.1, -0.05) is 12.1 Å². The van der Waals surface area contributed by atoms with Crippen LogP contribution in [0.4, 0.5) is 0 Å². The number of aryl methyl sites for hydroxylation is 2. The normalized spacial score (nSPS) is 16.7. The number of hydrogen-bond donors (Lipinski definition) is 0. The standard InChI is InChI=1S/C19H22N2O3/c1-12-10-13(2)20(3)18(22)17(12)19(23)21-9-8-16(21)14-6-5-7-15(11-14)24-4/h5-7,10-11,16H,8-9H2,1-4H3. The van der Waals surface area contributed by atoms with Crippen molar-refractivity contribution in [1.29, 1.82) is 0 Å². The molecule has 126 valence electrons. The molecule has 1 aromatic heterocycles. The third-order valence-corrected chi connectivity index (χ3v) is 4.84. The van der Waals surface area contributed by atoms with Crippen LogP contribution >= 0.6 is 0 Å². The summed E-state index contributed by atoms with van der Waals surface area (Å²) < 4.78 is 6.79. The average molecular weight is 326 g/mol. The van der Waals surface area contributed by atoms with Crippen LogP contribution in [0.5, 0.6) is 5.75 Å². The van der Waals surface area contributed by atoms with Gasteiger partial charge in [0.15, 0.2) is 0 Å². The summed E-state index contributed by atoms with van der Waals surface area (Å²) in [5, 5.41) is 0. The van der Waals surface area contributed by atoms with E-state index in [0.29, 0.717) is 6.54 Å². The lowest BCUT2D eigenvalue weighted by molar-refractivity contribution is 0.0456. The molecule has 24 heavy (non-hydrogen) atoms. The highest BCUT2D eigenvalue weighted by molar-refractivity contribution is 5.96. The maximum absolute atomic E-state index is 13.0. The summed E-state index contributed by atoms with van der Waals surface area (Å²) in [5.74, 6) is 0.585. The first-order valence-electron chi connectivity index (χ1n) is 8.06. The molecule has 0 aliphatic carbocycles. The molecule has 5 nitrogen and oxygen atoms in total. The van der Waals surface area contributed by atoms with Crippen molar-refractivity contribution in [1.82, 2.24) is 9.47 Å². The van der Waals surface area contributed by atoms with E-state index in [1.54, 1.807) is 19.1 Å². The number of carbonyl (C=O) groups is 1. The first-order chi connectivity index (χ1) is 11.4. The van der Waals surface area contributed by atoms with Crippen LogP contribution in [-0.2, 0) is 7.05 Å². The number of aromatic nitrogens is 1. The van der Waals surface area contributed by atoms with E-state index in [9.17, 15) is 9.59 Å². The Morgan fingerprint density at radius 1 is 1.25 bits per heavy atom. The quantitative estimate of drug-likeness (QED) is 0.871. The molecule has 1 fully saturated rings. The van der Waals surface area contributed by atoms with E-state index in [2.05, 4.69) is 0 Å². The molecule has 1 aromatic carbocycles. The SMILES string of the molecule is COc1cccc(C2CCN2C(=O)c2c(C)cc(C)n(C)c2=O)c1. The van der Waals surface area contributed by atoms with Crippen molar-refractivity contribution in [2.45, 2.75) is 26.3 Å². The smallest absolute Gasteiger partial charge is 0.263 e. The lowest BCUT2D eigenvalue weighted by Crippen LogP contribution is -2.47. The zero-order chi connectivity index (χ0) is 17.4. The van der Waals surface area contributed by atoms with Gasteiger partial charge in [0.25, 0.3) is 11.5 Å². The van der Waals surface area contributed by atoms with E-state index in [4.69, 9.17) is 4.74 Å². The highest BCUT2D eigenvalue weighted by Crippen LogP contribution is 2.35. The van der Waals surface area contributed by atoms with E-state index in [1.165, 1.54) is 4.57 Å². The van der Waals surface area contributed by atoms with Gasteiger partial charge in [-0.15, -0.1) is 0 Å². The number of ether oxygens (including phenoxy) is 1. The number of rotatable bonds is 3. The van der Waals surface area contributed by atoms with Crippen LogP contribution in [0.15, 0.2) is 35.1 Å². The molecule has 2 aromatic rings. The Kier molecular flexibility index (Phi) is 4.18. The van der Waals surface area contributed by atoms with Gasteiger partial charge in [-0.25, -0.2) is 0 Å². The number of likely N-dealkylation sites (tertiary alicyclic amines) is 1. The van der Waals surface area contributed by atoms with E-state index < -0.39 is 0 Å². The molecule has 1 saturated heterocycles. The van der Waals surface area contributed by atoms with Gasteiger partial charge in [0.1, 0.15) is 11.3 Å².